The largest absolute Gasteiger partial charge is 0.381 e. The average molecular weight is 430 g/mol. The summed E-state index contributed by atoms with van der Waals surface area (Å²) in [6, 6.07) is 20.3. The highest BCUT2D eigenvalue weighted by atomic mass is 16.5. The Balaban J connectivity index is 1.42. The number of anilines is 1. The van der Waals surface area contributed by atoms with Crippen molar-refractivity contribution < 1.29 is 9.47 Å². The first-order valence-corrected chi connectivity index (χ1v) is 11.1. The van der Waals surface area contributed by atoms with Crippen LogP contribution in [0.1, 0.15) is 31.4 Å². The third-order valence-electron chi connectivity index (χ3n) is 5.82. The summed E-state index contributed by atoms with van der Waals surface area (Å²) in [6.07, 6.45) is 5.29. The highest BCUT2D eigenvalue weighted by Crippen LogP contribution is 2.29. The smallest absolute Gasteiger partial charge is 0.168 e. The van der Waals surface area contributed by atoms with Gasteiger partial charge in [0.2, 0.25) is 0 Å². The molecule has 7 nitrogen and oxygen atoms in total. The molecule has 1 aliphatic rings. The molecule has 3 heterocycles. The van der Waals surface area contributed by atoms with Crippen molar-refractivity contribution in [1.29, 1.82) is 0 Å². The van der Waals surface area contributed by atoms with Crippen molar-refractivity contribution in [3.63, 3.8) is 0 Å². The van der Waals surface area contributed by atoms with Crippen LogP contribution in [-0.4, -0.2) is 45.1 Å². The normalized spacial score (nSPS) is 16.7. The van der Waals surface area contributed by atoms with Gasteiger partial charge in [-0.15, -0.1) is 0 Å². The summed E-state index contributed by atoms with van der Waals surface area (Å²) >= 11 is 0. The minimum atomic E-state index is -0.117. The predicted molar refractivity (Wildman–Crippen MR) is 124 cm³/mol. The third-order valence-corrected chi connectivity index (χ3v) is 5.82. The van der Waals surface area contributed by atoms with Gasteiger partial charge in [-0.05, 0) is 37.5 Å². The summed E-state index contributed by atoms with van der Waals surface area (Å²) in [5.74, 6) is 0.751. The quantitative estimate of drug-likeness (QED) is 0.464. The Morgan fingerprint density at radius 1 is 1.00 bits per heavy atom. The van der Waals surface area contributed by atoms with Crippen molar-refractivity contribution in [3.05, 3.63) is 78.8 Å². The second-order valence-electron chi connectivity index (χ2n) is 8.06. The zero-order chi connectivity index (χ0) is 21.8. The number of ether oxygens (including phenoxy) is 2. The molecule has 0 spiro atoms. The van der Waals surface area contributed by atoms with E-state index >= 15 is 0 Å². The van der Waals surface area contributed by atoms with Crippen LogP contribution in [-0.2, 0) is 9.47 Å². The Hall–Kier alpha value is -3.29. The van der Waals surface area contributed by atoms with Crippen molar-refractivity contribution in [2.24, 2.45) is 0 Å². The van der Waals surface area contributed by atoms with Gasteiger partial charge in [0, 0.05) is 13.2 Å². The maximum absolute atomic E-state index is 6.59. The van der Waals surface area contributed by atoms with Crippen LogP contribution in [0.15, 0.2) is 73.2 Å². The van der Waals surface area contributed by atoms with E-state index in [1.165, 1.54) is 0 Å². The van der Waals surface area contributed by atoms with E-state index in [0.717, 1.165) is 54.2 Å². The van der Waals surface area contributed by atoms with E-state index in [2.05, 4.69) is 51.6 Å². The van der Waals surface area contributed by atoms with Crippen LogP contribution in [0.2, 0.25) is 0 Å². The zero-order valence-corrected chi connectivity index (χ0v) is 18.1. The summed E-state index contributed by atoms with van der Waals surface area (Å²) in [5.41, 5.74) is 2.87. The number of benzene rings is 2. The standard InChI is InChI=1S/C25H27N5O2/c1-18(23(19-8-4-2-5-9-19)32-21-12-14-31-15-13-21)29-24-22-16-28-30(25(22)27-17-26-24)20-10-6-3-7-11-20/h2-11,16-18,21,23H,12-15H2,1H3,(H,26,27,29). The first-order chi connectivity index (χ1) is 15.8. The molecule has 2 unspecified atom stereocenters. The third kappa shape index (κ3) is 4.35. The van der Waals surface area contributed by atoms with Crippen molar-refractivity contribution in [2.45, 2.75) is 38.0 Å². The molecule has 1 fully saturated rings. The number of rotatable bonds is 7. The fourth-order valence-corrected chi connectivity index (χ4v) is 4.16. The SMILES string of the molecule is CC(Nc1ncnc2c1cnn2-c1ccccc1)C(OC1CCOCC1)c1ccccc1. The van der Waals surface area contributed by atoms with Crippen LogP contribution in [0, 0.1) is 0 Å². The first kappa shape index (κ1) is 20.6. The number of fused-ring (bicyclic) bond motifs is 1. The van der Waals surface area contributed by atoms with Crippen molar-refractivity contribution in [1.82, 2.24) is 19.7 Å². The fourth-order valence-electron chi connectivity index (χ4n) is 4.16. The van der Waals surface area contributed by atoms with E-state index in [1.807, 2.05) is 47.3 Å². The molecule has 1 saturated heterocycles. The molecule has 5 rings (SSSR count). The molecule has 0 saturated carbocycles. The number of para-hydroxylation sites is 1. The minimum absolute atomic E-state index is 0.0154. The number of aromatic nitrogens is 4. The number of nitrogens with zero attached hydrogens (tertiary/aromatic N) is 4. The van der Waals surface area contributed by atoms with Gasteiger partial charge in [0.05, 0.1) is 29.4 Å². The van der Waals surface area contributed by atoms with Crippen LogP contribution < -0.4 is 5.32 Å². The molecule has 0 amide bonds. The molecule has 0 radical (unpaired) electrons. The van der Waals surface area contributed by atoms with Gasteiger partial charge >= 0.3 is 0 Å². The van der Waals surface area contributed by atoms with E-state index in [0.29, 0.717) is 0 Å². The van der Waals surface area contributed by atoms with E-state index in [-0.39, 0.29) is 18.2 Å². The molecule has 2 aromatic heterocycles. The molecule has 7 heteroatoms. The van der Waals surface area contributed by atoms with Crippen molar-refractivity contribution >= 4 is 16.9 Å². The van der Waals surface area contributed by atoms with Crippen LogP contribution >= 0.6 is 0 Å². The van der Waals surface area contributed by atoms with Gasteiger partial charge in [-0.2, -0.15) is 5.10 Å². The lowest BCUT2D eigenvalue weighted by atomic mass is 10.0. The Morgan fingerprint density at radius 2 is 1.72 bits per heavy atom. The van der Waals surface area contributed by atoms with Gasteiger partial charge in [-0.25, -0.2) is 14.6 Å². The van der Waals surface area contributed by atoms with Gasteiger partial charge in [0.1, 0.15) is 18.2 Å². The lowest BCUT2D eigenvalue weighted by Crippen LogP contribution is -2.32. The van der Waals surface area contributed by atoms with Crippen LogP contribution in [0.4, 0.5) is 5.82 Å². The molecular weight excluding hydrogens is 402 g/mol. The topological polar surface area (TPSA) is 74.1 Å². The maximum atomic E-state index is 6.59. The summed E-state index contributed by atoms with van der Waals surface area (Å²) < 4.78 is 13.9. The van der Waals surface area contributed by atoms with Crippen LogP contribution in [0.25, 0.3) is 16.7 Å². The van der Waals surface area contributed by atoms with E-state index in [4.69, 9.17) is 9.47 Å². The lowest BCUT2D eigenvalue weighted by molar-refractivity contribution is -0.0738. The summed E-state index contributed by atoms with van der Waals surface area (Å²) in [6.45, 7) is 3.63. The molecule has 164 valence electrons. The number of hydrogen-bond acceptors (Lipinski definition) is 6. The molecule has 4 aromatic rings. The molecule has 0 bridgehead atoms. The van der Waals surface area contributed by atoms with Crippen molar-refractivity contribution in [2.75, 3.05) is 18.5 Å². The highest BCUT2D eigenvalue weighted by Gasteiger charge is 2.26. The van der Waals surface area contributed by atoms with Gasteiger partial charge in [0.25, 0.3) is 0 Å². The molecule has 32 heavy (non-hydrogen) atoms. The molecule has 2 aromatic carbocycles. The predicted octanol–water partition coefficient (Wildman–Crippen LogP) is 4.55. The molecular formula is C25H27N5O2. The summed E-state index contributed by atoms with van der Waals surface area (Å²) in [7, 11) is 0. The Kier molecular flexibility index (Phi) is 6.09. The zero-order valence-electron chi connectivity index (χ0n) is 18.1. The highest BCUT2D eigenvalue weighted by molar-refractivity contribution is 5.87. The Morgan fingerprint density at radius 3 is 2.47 bits per heavy atom. The second-order valence-corrected chi connectivity index (χ2v) is 8.06. The van der Waals surface area contributed by atoms with E-state index in [9.17, 15) is 0 Å². The summed E-state index contributed by atoms with van der Waals surface area (Å²) in [5, 5.41) is 9.01. The second kappa shape index (κ2) is 9.46. The lowest BCUT2D eigenvalue weighted by Gasteiger charge is -2.32. The Bertz CT molecular complexity index is 1140. The molecule has 0 aliphatic carbocycles. The van der Waals surface area contributed by atoms with Crippen molar-refractivity contribution in [3.8, 4) is 5.69 Å². The fraction of sp³-hybridized carbons (Fsp3) is 0.320. The minimum Gasteiger partial charge on any atom is -0.381 e. The molecule has 1 aliphatic heterocycles. The number of nitrogens with one attached hydrogen (secondary N) is 1. The average Bonchev–Trinajstić information content (AvgIpc) is 3.29. The monoisotopic (exact) mass is 429 g/mol. The molecule has 2 atom stereocenters. The van der Waals surface area contributed by atoms with E-state index < -0.39 is 0 Å². The maximum Gasteiger partial charge on any atom is 0.168 e. The van der Waals surface area contributed by atoms with E-state index in [1.54, 1.807) is 6.33 Å². The van der Waals surface area contributed by atoms with Gasteiger partial charge in [-0.1, -0.05) is 48.5 Å². The molecule has 1 N–H and O–H groups in total. The van der Waals surface area contributed by atoms with Gasteiger partial charge in [0.15, 0.2) is 5.65 Å². The number of hydrogen-bond donors (Lipinski definition) is 1. The van der Waals surface area contributed by atoms with Crippen LogP contribution in [0.3, 0.4) is 0 Å². The van der Waals surface area contributed by atoms with Crippen LogP contribution in [0.5, 0.6) is 0 Å². The van der Waals surface area contributed by atoms with Gasteiger partial charge in [-0.3, -0.25) is 0 Å². The Labute approximate surface area is 187 Å². The summed E-state index contributed by atoms with van der Waals surface area (Å²) in [4.78, 5) is 9.01. The van der Waals surface area contributed by atoms with Gasteiger partial charge < -0.3 is 14.8 Å². The first-order valence-electron chi connectivity index (χ1n) is 11.1.